The van der Waals surface area contributed by atoms with Gasteiger partial charge in [-0.15, -0.1) is 0 Å². The molecule has 5 nitrogen and oxygen atoms in total. The number of aromatic nitrogens is 4. The van der Waals surface area contributed by atoms with Crippen LogP contribution in [0.1, 0.15) is 31.2 Å². The van der Waals surface area contributed by atoms with E-state index in [0.717, 1.165) is 11.4 Å². The van der Waals surface area contributed by atoms with Crippen molar-refractivity contribution < 1.29 is 0 Å². The zero-order valence-electron chi connectivity index (χ0n) is 10.6. The summed E-state index contributed by atoms with van der Waals surface area (Å²) in [6, 6.07) is 0.564. The normalized spacial score (nSPS) is 16.6. The molecule has 6 heteroatoms. The first-order valence-corrected chi connectivity index (χ1v) is 6.65. The fourth-order valence-electron chi connectivity index (χ4n) is 2.76. The van der Waals surface area contributed by atoms with Crippen LogP contribution in [0.15, 0.2) is 6.33 Å². The first-order valence-electron chi connectivity index (χ1n) is 6.27. The molecular formula is C12H16ClN5. The largest absolute Gasteiger partial charge is 0.356 e. The van der Waals surface area contributed by atoms with Crippen molar-refractivity contribution in [2.45, 2.75) is 38.6 Å². The molecule has 0 aliphatic heterocycles. The summed E-state index contributed by atoms with van der Waals surface area (Å²) in [4.78, 5) is 10.6. The van der Waals surface area contributed by atoms with Gasteiger partial charge in [0, 0.05) is 18.7 Å². The topological polar surface area (TPSA) is 46.3 Å². The highest BCUT2D eigenvalue weighted by Crippen LogP contribution is 2.31. The van der Waals surface area contributed by atoms with Crippen molar-refractivity contribution in [2.24, 2.45) is 0 Å². The van der Waals surface area contributed by atoms with Gasteiger partial charge >= 0.3 is 0 Å². The molecule has 3 rings (SSSR count). The fraction of sp³-hybridized carbons (Fsp3) is 0.583. The van der Waals surface area contributed by atoms with Crippen molar-refractivity contribution in [1.82, 2.24) is 19.6 Å². The molecule has 18 heavy (non-hydrogen) atoms. The van der Waals surface area contributed by atoms with Gasteiger partial charge in [0.1, 0.15) is 17.3 Å². The Hall–Kier alpha value is -1.36. The Morgan fingerprint density at radius 1 is 1.39 bits per heavy atom. The molecule has 0 bridgehead atoms. The second-order valence-corrected chi connectivity index (χ2v) is 5.23. The summed E-state index contributed by atoms with van der Waals surface area (Å²) >= 11 is 6.18. The molecule has 0 aromatic carbocycles. The van der Waals surface area contributed by atoms with Gasteiger partial charge in [-0.1, -0.05) is 24.4 Å². The molecule has 0 atom stereocenters. The Balaban J connectivity index is 2.13. The van der Waals surface area contributed by atoms with Crippen LogP contribution in [0, 0.1) is 6.92 Å². The van der Waals surface area contributed by atoms with Crippen molar-refractivity contribution in [2.75, 3.05) is 11.9 Å². The molecule has 0 spiro atoms. The molecule has 2 heterocycles. The first kappa shape index (κ1) is 11.7. The van der Waals surface area contributed by atoms with E-state index in [1.54, 1.807) is 4.52 Å². The summed E-state index contributed by atoms with van der Waals surface area (Å²) in [6.45, 7) is 1.98. The lowest BCUT2D eigenvalue weighted by Crippen LogP contribution is -2.31. The Kier molecular flexibility index (Phi) is 2.86. The van der Waals surface area contributed by atoms with Gasteiger partial charge in [-0.3, -0.25) is 0 Å². The molecule has 0 amide bonds. The van der Waals surface area contributed by atoms with Crippen LogP contribution in [0.2, 0.25) is 5.15 Å². The van der Waals surface area contributed by atoms with E-state index >= 15 is 0 Å². The van der Waals surface area contributed by atoms with Crippen LogP contribution < -0.4 is 4.90 Å². The minimum absolute atomic E-state index is 0.510. The molecule has 2 aromatic rings. The second-order valence-electron chi connectivity index (χ2n) is 4.87. The van der Waals surface area contributed by atoms with Gasteiger partial charge in [-0.2, -0.15) is 19.6 Å². The van der Waals surface area contributed by atoms with Gasteiger partial charge in [0.25, 0.3) is 5.78 Å². The first-order chi connectivity index (χ1) is 8.68. The number of hydrogen-bond donors (Lipinski definition) is 0. The lowest BCUT2D eigenvalue weighted by Gasteiger charge is -2.28. The van der Waals surface area contributed by atoms with Gasteiger partial charge < -0.3 is 4.90 Å². The van der Waals surface area contributed by atoms with Crippen LogP contribution >= 0.6 is 11.6 Å². The number of fused-ring (bicyclic) bond motifs is 1. The zero-order chi connectivity index (χ0) is 12.7. The standard InChI is InChI=1S/C12H16ClN5/c1-8-10(13)16-12-14-7-15-18(12)11(8)17(2)9-5-3-4-6-9/h7,9H,3-6H2,1-2H3. The highest BCUT2D eigenvalue weighted by molar-refractivity contribution is 6.30. The SMILES string of the molecule is Cc1c(Cl)nc2ncnn2c1N(C)C1CCCC1. The third-order valence-electron chi connectivity index (χ3n) is 3.78. The summed E-state index contributed by atoms with van der Waals surface area (Å²) in [5, 5.41) is 4.77. The minimum Gasteiger partial charge on any atom is -0.356 e. The average molecular weight is 266 g/mol. The van der Waals surface area contributed by atoms with Crippen LogP contribution in [-0.4, -0.2) is 32.7 Å². The van der Waals surface area contributed by atoms with Crippen LogP contribution in [-0.2, 0) is 0 Å². The van der Waals surface area contributed by atoms with Gasteiger partial charge in [0.2, 0.25) is 0 Å². The minimum atomic E-state index is 0.510. The van der Waals surface area contributed by atoms with Gasteiger partial charge in [0.05, 0.1) is 0 Å². The Bertz CT molecular complexity index is 573. The van der Waals surface area contributed by atoms with E-state index in [1.807, 2.05) is 6.92 Å². The van der Waals surface area contributed by atoms with Crippen LogP contribution in [0.4, 0.5) is 5.82 Å². The van der Waals surface area contributed by atoms with Crippen LogP contribution in [0.5, 0.6) is 0 Å². The van der Waals surface area contributed by atoms with E-state index in [4.69, 9.17) is 11.6 Å². The molecule has 1 fully saturated rings. The van der Waals surface area contributed by atoms with Crippen molar-refractivity contribution in [3.63, 3.8) is 0 Å². The lowest BCUT2D eigenvalue weighted by molar-refractivity contribution is 0.635. The van der Waals surface area contributed by atoms with E-state index in [9.17, 15) is 0 Å². The van der Waals surface area contributed by atoms with Gasteiger partial charge in [0.15, 0.2) is 0 Å². The van der Waals surface area contributed by atoms with Crippen LogP contribution in [0.3, 0.4) is 0 Å². The maximum atomic E-state index is 6.18. The molecule has 0 saturated heterocycles. The summed E-state index contributed by atoms with van der Waals surface area (Å²) in [7, 11) is 2.11. The summed E-state index contributed by atoms with van der Waals surface area (Å²) in [6.07, 6.45) is 6.57. The number of rotatable bonds is 2. The summed E-state index contributed by atoms with van der Waals surface area (Å²) < 4.78 is 1.78. The van der Waals surface area contributed by atoms with E-state index < -0.39 is 0 Å². The van der Waals surface area contributed by atoms with E-state index in [0.29, 0.717) is 17.0 Å². The molecular weight excluding hydrogens is 250 g/mol. The van der Waals surface area contributed by atoms with Gasteiger partial charge in [-0.25, -0.2) is 0 Å². The Labute approximate surface area is 111 Å². The van der Waals surface area contributed by atoms with E-state index in [-0.39, 0.29) is 0 Å². The molecule has 1 saturated carbocycles. The quantitative estimate of drug-likeness (QED) is 0.783. The third-order valence-corrected chi connectivity index (χ3v) is 4.15. The predicted octanol–water partition coefficient (Wildman–Crippen LogP) is 2.46. The number of anilines is 1. The molecule has 0 unspecified atom stereocenters. The molecule has 1 aliphatic carbocycles. The molecule has 96 valence electrons. The number of nitrogens with zero attached hydrogens (tertiary/aromatic N) is 5. The average Bonchev–Trinajstić information content (AvgIpc) is 2.99. The second kappa shape index (κ2) is 4.39. The Morgan fingerprint density at radius 2 is 2.11 bits per heavy atom. The van der Waals surface area contributed by atoms with E-state index in [2.05, 4.69) is 27.0 Å². The molecule has 1 aliphatic rings. The lowest BCUT2D eigenvalue weighted by atomic mass is 10.2. The number of hydrogen-bond acceptors (Lipinski definition) is 4. The van der Waals surface area contributed by atoms with Crippen LogP contribution in [0.25, 0.3) is 5.78 Å². The zero-order valence-corrected chi connectivity index (χ0v) is 11.4. The fourth-order valence-corrected chi connectivity index (χ4v) is 2.92. The number of halogens is 1. The predicted molar refractivity (Wildman–Crippen MR) is 71.2 cm³/mol. The smallest absolute Gasteiger partial charge is 0.255 e. The van der Waals surface area contributed by atoms with Crippen molar-refractivity contribution in [3.8, 4) is 0 Å². The highest BCUT2D eigenvalue weighted by atomic mass is 35.5. The van der Waals surface area contributed by atoms with Crippen molar-refractivity contribution in [3.05, 3.63) is 17.0 Å². The van der Waals surface area contributed by atoms with Crippen molar-refractivity contribution in [1.29, 1.82) is 0 Å². The van der Waals surface area contributed by atoms with Gasteiger partial charge in [-0.05, 0) is 19.8 Å². The summed E-state index contributed by atoms with van der Waals surface area (Å²) in [5.41, 5.74) is 0.962. The van der Waals surface area contributed by atoms with Crippen molar-refractivity contribution >= 4 is 23.2 Å². The Morgan fingerprint density at radius 3 is 2.83 bits per heavy atom. The third kappa shape index (κ3) is 1.73. The molecule has 0 radical (unpaired) electrons. The monoisotopic (exact) mass is 265 g/mol. The highest BCUT2D eigenvalue weighted by Gasteiger charge is 2.24. The molecule has 0 N–H and O–H groups in total. The maximum Gasteiger partial charge on any atom is 0.255 e. The summed E-state index contributed by atoms with van der Waals surface area (Å²) in [5.74, 6) is 1.57. The van der Waals surface area contributed by atoms with E-state index in [1.165, 1.54) is 32.0 Å². The molecule has 2 aromatic heterocycles. The maximum absolute atomic E-state index is 6.18.